The molecule has 0 N–H and O–H groups in total. The maximum atomic E-state index is 13.0. The van der Waals surface area contributed by atoms with Crippen LogP contribution in [-0.2, 0) is 6.54 Å². The number of hydrogen-bond donors (Lipinski definition) is 0. The molecule has 8 heteroatoms. The van der Waals surface area contributed by atoms with Crippen LogP contribution in [0.5, 0.6) is 5.75 Å². The van der Waals surface area contributed by atoms with E-state index >= 15 is 0 Å². The fourth-order valence-corrected chi connectivity index (χ4v) is 2.45. The molecular formula is C18H14FN5O2. The number of ether oxygens (including phenoxy) is 1. The molecule has 0 spiro atoms. The summed E-state index contributed by atoms with van der Waals surface area (Å²) in [7, 11) is 1.62. The summed E-state index contributed by atoms with van der Waals surface area (Å²) < 4.78 is 23.5. The smallest absolute Gasteiger partial charge is 0.204 e. The average molecular weight is 351 g/mol. The Balaban J connectivity index is 1.49. The molecule has 0 aliphatic heterocycles. The molecular weight excluding hydrogens is 337 g/mol. The van der Waals surface area contributed by atoms with Crippen molar-refractivity contribution in [3.05, 3.63) is 66.2 Å². The number of rotatable bonds is 5. The number of methoxy groups -OCH3 is 1. The number of halogens is 1. The van der Waals surface area contributed by atoms with Crippen LogP contribution in [0.25, 0.3) is 22.6 Å². The van der Waals surface area contributed by atoms with Crippen molar-refractivity contribution in [2.24, 2.45) is 0 Å². The third-order valence-corrected chi connectivity index (χ3v) is 3.80. The first kappa shape index (κ1) is 15.9. The Kier molecular flexibility index (Phi) is 4.14. The minimum Gasteiger partial charge on any atom is -0.497 e. The van der Waals surface area contributed by atoms with Gasteiger partial charge in [-0.1, -0.05) is 5.16 Å². The molecule has 0 amide bonds. The molecule has 4 aromatic rings. The lowest BCUT2D eigenvalue weighted by Crippen LogP contribution is -2.03. The molecule has 0 saturated carbocycles. The summed E-state index contributed by atoms with van der Waals surface area (Å²) >= 11 is 0. The molecule has 0 saturated heterocycles. The highest BCUT2D eigenvalue weighted by Crippen LogP contribution is 2.22. The van der Waals surface area contributed by atoms with E-state index in [1.165, 1.54) is 16.9 Å². The molecule has 0 atom stereocenters. The second kappa shape index (κ2) is 6.75. The van der Waals surface area contributed by atoms with Crippen LogP contribution in [0.15, 0.2) is 59.1 Å². The van der Waals surface area contributed by atoms with Crippen LogP contribution < -0.4 is 4.74 Å². The summed E-state index contributed by atoms with van der Waals surface area (Å²) in [5.74, 6) is 1.48. The van der Waals surface area contributed by atoms with Crippen LogP contribution >= 0.6 is 0 Å². The monoisotopic (exact) mass is 351 g/mol. The number of benzene rings is 2. The topological polar surface area (TPSA) is 78.9 Å². The number of tetrazole rings is 1. The van der Waals surface area contributed by atoms with E-state index in [1.54, 1.807) is 19.2 Å². The van der Waals surface area contributed by atoms with Crippen LogP contribution in [0, 0.1) is 5.82 Å². The molecule has 0 fully saturated rings. The van der Waals surface area contributed by atoms with Gasteiger partial charge in [-0.05, 0) is 53.7 Å². The molecule has 0 radical (unpaired) electrons. The fraction of sp³-hybridized carbons (Fsp3) is 0.111. The second-order valence-corrected chi connectivity index (χ2v) is 5.56. The quantitative estimate of drug-likeness (QED) is 0.549. The maximum Gasteiger partial charge on any atom is 0.204 e. The van der Waals surface area contributed by atoms with Crippen molar-refractivity contribution in [2.75, 3.05) is 7.11 Å². The van der Waals surface area contributed by atoms with E-state index in [-0.39, 0.29) is 12.4 Å². The van der Waals surface area contributed by atoms with E-state index in [0.717, 1.165) is 11.3 Å². The van der Waals surface area contributed by atoms with Gasteiger partial charge >= 0.3 is 0 Å². The Morgan fingerprint density at radius 1 is 1.04 bits per heavy atom. The standard InChI is InChI=1S/C18H14FN5O2/c1-25-15-8-4-12(5-9-15)17-10-16(26-22-17)11-24-21-18(20-23-24)13-2-6-14(19)7-3-13/h2-10H,11H2,1H3. The van der Waals surface area contributed by atoms with Gasteiger partial charge in [0.15, 0.2) is 5.76 Å². The van der Waals surface area contributed by atoms with Gasteiger partial charge in [0.1, 0.15) is 23.8 Å². The normalized spacial score (nSPS) is 10.8. The van der Waals surface area contributed by atoms with Crippen molar-refractivity contribution < 1.29 is 13.7 Å². The summed E-state index contributed by atoms with van der Waals surface area (Å²) in [6, 6.07) is 15.3. The van der Waals surface area contributed by atoms with Gasteiger partial charge in [-0.2, -0.15) is 4.80 Å². The lowest BCUT2D eigenvalue weighted by Gasteiger charge is -1.99. The number of nitrogens with zero attached hydrogens (tertiary/aromatic N) is 5. The predicted molar refractivity (Wildman–Crippen MR) is 90.8 cm³/mol. The summed E-state index contributed by atoms with van der Waals surface area (Å²) in [6.07, 6.45) is 0. The molecule has 130 valence electrons. The van der Waals surface area contributed by atoms with E-state index in [0.29, 0.717) is 22.8 Å². The third kappa shape index (κ3) is 3.30. The molecule has 0 aliphatic rings. The molecule has 4 rings (SSSR count). The van der Waals surface area contributed by atoms with Gasteiger partial charge in [0, 0.05) is 17.2 Å². The largest absolute Gasteiger partial charge is 0.497 e. The van der Waals surface area contributed by atoms with E-state index in [2.05, 4.69) is 20.6 Å². The van der Waals surface area contributed by atoms with E-state index < -0.39 is 0 Å². The molecule has 26 heavy (non-hydrogen) atoms. The summed E-state index contributed by atoms with van der Waals surface area (Å²) in [5, 5.41) is 16.3. The van der Waals surface area contributed by atoms with Crippen LogP contribution in [0.2, 0.25) is 0 Å². The SMILES string of the molecule is COc1ccc(-c2cc(Cn3nnc(-c4ccc(F)cc4)n3)on2)cc1. The number of aromatic nitrogens is 5. The highest BCUT2D eigenvalue weighted by atomic mass is 19.1. The van der Waals surface area contributed by atoms with Gasteiger partial charge in [0.05, 0.1) is 7.11 Å². The minimum absolute atomic E-state index is 0.289. The Bertz CT molecular complexity index is 1010. The van der Waals surface area contributed by atoms with Crippen molar-refractivity contribution >= 4 is 0 Å². The van der Waals surface area contributed by atoms with Crippen LogP contribution in [0.1, 0.15) is 5.76 Å². The summed E-state index contributed by atoms with van der Waals surface area (Å²) in [6.45, 7) is 0.289. The van der Waals surface area contributed by atoms with Gasteiger partial charge < -0.3 is 9.26 Å². The Hall–Kier alpha value is -3.55. The van der Waals surface area contributed by atoms with Gasteiger partial charge in [-0.15, -0.1) is 10.2 Å². The Morgan fingerprint density at radius 2 is 1.77 bits per heavy atom. The molecule has 2 aromatic heterocycles. The molecule has 2 heterocycles. The zero-order valence-corrected chi connectivity index (χ0v) is 13.8. The number of hydrogen-bond acceptors (Lipinski definition) is 6. The van der Waals surface area contributed by atoms with Crippen LogP contribution in [0.3, 0.4) is 0 Å². The molecule has 7 nitrogen and oxygen atoms in total. The van der Waals surface area contributed by atoms with Crippen molar-refractivity contribution in [2.45, 2.75) is 6.54 Å². The van der Waals surface area contributed by atoms with Gasteiger partial charge in [0.25, 0.3) is 0 Å². The third-order valence-electron chi connectivity index (χ3n) is 3.80. The van der Waals surface area contributed by atoms with Crippen molar-refractivity contribution in [3.8, 4) is 28.4 Å². The fourth-order valence-electron chi connectivity index (χ4n) is 2.45. The van der Waals surface area contributed by atoms with Crippen LogP contribution in [0.4, 0.5) is 4.39 Å². The van der Waals surface area contributed by atoms with Crippen molar-refractivity contribution in [1.82, 2.24) is 25.4 Å². The van der Waals surface area contributed by atoms with Crippen molar-refractivity contribution in [3.63, 3.8) is 0 Å². The second-order valence-electron chi connectivity index (χ2n) is 5.56. The Morgan fingerprint density at radius 3 is 2.50 bits per heavy atom. The first-order valence-corrected chi connectivity index (χ1v) is 7.85. The van der Waals surface area contributed by atoms with E-state index in [9.17, 15) is 4.39 Å². The van der Waals surface area contributed by atoms with E-state index in [1.807, 2.05) is 30.3 Å². The minimum atomic E-state index is -0.311. The first-order chi connectivity index (χ1) is 12.7. The predicted octanol–water partition coefficient (Wildman–Crippen LogP) is 3.19. The summed E-state index contributed by atoms with van der Waals surface area (Å²) in [5.41, 5.74) is 2.31. The van der Waals surface area contributed by atoms with Crippen LogP contribution in [-0.4, -0.2) is 32.5 Å². The molecule has 2 aromatic carbocycles. The van der Waals surface area contributed by atoms with Crippen molar-refractivity contribution in [1.29, 1.82) is 0 Å². The molecule has 0 unspecified atom stereocenters. The first-order valence-electron chi connectivity index (χ1n) is 7.85. The zero-order valence-electron chi connectivity index (χ0n) is 13.8. The maximum absolute atomic E-state index is 13.0. The molecule has 0 aliphatic carbocycles. The van der Waals surface area contributed by atoms with Gasteiger partial charge in [0.2, 0.25) is 5.82 Å². The van der Waals surface area contributed by atoms with E-state index in [4.69, 9.17) is 9.26 Å². The highest BCUT2D eigenvalue weighted by molar-refractivity contribution is 5.59. The molecule has 0 bridgehead atoms. The Labute approximate surface area is 148 Å². The lowest BCUT2D eigenvalue weighted by atomic mass is 10.1. The van der Waals surface area contributed by atoms with Gasteiger partial charge in [-0.3, -0.25) is 0 Å². The summed E-state index contributed by atoms with van der Waals surface area (Å²) in [4.78, 5) is 1.40. The lowest BCUT2D eigenvalue weighted by molar-refractivity contribution is 0.364. The average Bonchev–Trinajstić information content (AvgIpc) is 3.33. The zero-order chi connectivity index (χ0) is 17.9. The highest BCUT2D eigenvalue weighted by Gasteiger charge is 2.11. The van der Waals surface area contributed by atoms with Gasteiger partial charge in [-0.25, -0.2) is 4.39 Å².